The minimum Gasteiger partial charge on any atom is -0.476 e. The van der Waals surface area contributed by atoms with E-state index in [1.807, 2.05) is 30.8 Å². The lowest BCUT2D eigenvalue weighted by Gasteiger charge is -2.03. The van der Waals surface area contributed by atoms with E-state index in [2.05, 4.69) is 15.4 Å². The molecule has 0 saturated heterocycles. The summed E-state index contributed by atoms with van der Waals surface area (Å²) in [4.78, 5) is 12.1. The minimum absolute atomic E-state index is 0.0312. The lowest BCUT2D eigenvalue weighted by molar-refractivity contribution is 0.0691. The van der Waals surface area contributed by atoms with Crippen molar-refractivity contribution in [2.24, 2.45) is 7.05 Å². The average Bonchev–Trinajstić information content (AvgIpc) is 3.10. The Morgan fingerprint density at radius 3 is 2.95 bits per heavy atom. The van der Waals surface area contributed by atoms with Gasteiger partial charge in [-0.25, -0.2) is 9.48 Å². The van der Waals surface area contributed by atoms with Gasteiger partial charge in [0.1, 0.15) is 5.69 Å². The first-order valence-corrected chi connectivity index (χ1v) is 6.71. The first-order chi connectivity index (χ1) is 9.65. The van der Waals surface area contributed by atoms with Crippen LogP contribution in [0.2, 0.25) is 0 Å². The van der Waals surface area contributed by atoms with E-state index >= 15 is 0 Å². The second-order valence-electron chi connectivity index (χ2n) is 4.25. The molecule has 0 bridgehead atoms. The smallest absolute Gasteiger partial charge is 0.358 e. The van der Waals surface area contributed by atoms with Gasteiger partial charge in [0, 0.05) is 18.8 Å². The summed E-state index contributed by atoms with van der Waals surface area (Å²) in [7, 11) is 1.83. The molecule has 3 heterocycles. The van der Waals surface area contributed by atoms with Gasteiger partial charge in [-0.1, -0.05) is 11.3 Å². The highest BCUT2D eigenvalue weighted by atomic mass is 32.1. The fourth-order valence-corrected chi connectivity index (χ4v) is 2.73. The molecule has 3 aromatic rings. The van der Waals surface area contributed by atoms with Gasteiger partial charge in [0.15, 0.2) is 5.69 Å². The molecule has 8 heteroatoms. The second kappa shape index (κ2) is 4.89. The summed E-state index contributed by atoms with van der Waals surface area (Å²) < 4.78 is 3.28. The molecule has 7 nitrogen and oxygen atoms in total. The van der Waals surface area contributed by atoms with Crippen LogP contribution in [0.25, 0.3) is 10.6 Å². The highest BCUT2D eigenvalue weighted by molar-refractivity contribution is 7.13. The highest BCUT2D eigenvalue weighted by Gasteiger charge is 2.21. The largest absolute Gasteiger partial charge is 0.476 e. The molecule has 20 heavy (non-hydrogen) atoms. The Hall–Kier alpha value is -2.48. The van der Waals surface area contributed by atoms with Crippen LogP contribution in [0.4, 0.5) is 0 Å². The van der Waals surface area contributed by atoms with Gasteiger partial charge in [-0.3, -0.25) is 4.68 Å². The molecule has 1 N–H and O–H groups in total. The fraction of sp³-hybridized carbons (Fsp3) is 0.167. The molecule has 0 atom stereocenters. The van der Waals surface area contributed by atoms with Crippen LogP contribution in [0.1, 0.15) is 16.1 Å². The molecule has 0 spiro atoms. The van der Waals surface area contributed by atoms with Gasteiger partial charge >= 0.3 is 5.97 Å². The van der Waals surface area contributed by atoms with Crippen LogP contribution >= 0.6 is 11.3 Å². The van der Waals surface area contributed by atoms with Gasteiger partial charge in [0.25, 0.3) is 0 Å². The molecular formula is C12H11N5O2S. The Morgan fingerprint density at radius 1 is 1.50 bits per heavy atom. The molecule has 3 rings (SSSR count). The summed E-state index contributed by atoms with van der Waals surface area (Å²) in [5.74, 6) is -1.08. The van der Waals surface area contributed by atoms with Crippen molar-refractivity contribution in [1.82, 2.24) is 24.8 Å². The summed E-state index contributed by atoms with van der Waals surface area (Å²) in [6.07, 6.45) is 3.58. The van der Waals surface area contributed by atoms with Crippen LogP contribution in [0, 0.1) is 0 Å². The molecule has 0 aliphatic carbocycles. The van der Waals surface area contributed by atoms with Crippen LogP contribution in [-0.4, -0.2) is 35.9 Å². The van der Waals surface area contributed by atoms with Crippen molar-refractivity contribution in [2.45, 2.75) is 6.54 Å². The number of aryl methyl sites for hydroxylation is 1. The molecule has 0 saturated carbocycles. The van der Waals surface area contributed by atoms with Gasteiger partial charge in [-0.2, -0.15) is 5.10 Å². The quantitative estimate of drug-likeness (QED) is 0.786. The summed E-state index contributed by atoms with van der Waals surface area (Å²) in [5.41, 5.74) is 1.43. The summed E-state index contributed by atoms with van der Waals surface area (Å²) in [5, 5.41) is 22.9. The normalized spacial score (nSPS) is 10.8. The molecule has 0 aliphatic rings. The van der Waals surface area contributed by atoms with E-state index in [9.17, 15) is 9.90 Å². The van der Waals surface area contributed by atoms with Gasteiger partial charge in [0.05, 0.1) is 17.6 Å². The van der Waals surface area contributed by atoms with Crippen molar-refractivity contribution in [1.29, 1.82) is 0 Å². The zero-order valence-electron chi connectivity index (χ0n) is 10.6. The van der Waals surface area contributed by atoms with Crippen molar-refractivity contribution in [2.75, 3.05) is 0 Å². The van der Waals surface area contributed by atoms with E-state index in [1.165, 1.54) is 11.3 Å². The van der Waals surface area contributed by atoms with Crippen molar-refractivity contribution >= 4 is 17.3 Å². The second-order valence-corrected chi connectivity index (χ2v) is 5.20. The summed E-state index contributed by atoms with van der Waals surface area (Å²) in [6, 6.07) is 3.72. The number of carbonyl (C=O) groups is 1. The number of nitrogens with zero attached hydrogens (tertiary/aromatic N) is 5. The molecule has 0 aliphatic heterocycles. The zero-order chi connectivity index (χ0) is 14.1. The SMILES string of the molecule is Cn1cc(Cn2nnc(C(=O)O)c2-c2cccs2)cn1. The Labute approximate surface area is 118 Å². The fourth-order valence-electron chi connectivity index (χ4n) is 1.95. The first kappa shape index (κ1) is 12.5. The number of aromatic carboxylic acids is 1. The molecule has 0 radical (unpaired) electrons. The highest BCUT2D eigenvalue weighted by Crippen LogP contribution is 2.27. The van der Waals surface area contributed by atoms with E-state index in [4.69, 9.17) is 0 Å². The molecule has 3 aromatic heterocycles. The van der Waals surface area contributed by atoms with E-state index in [0.717, 1.165) is 10.4 Å². The Morgan fingerprint density at radius 2 is 2.35 bits per heavy atom. The summed E-state index contributed by atoms with van der Waals surface area (Å²) in [6.45, 7) is 0.432. The van der Waals surface area contributed by atoms with Crippen LogP contribution in [0.15, 0.2) is 29.9 Å². The van der Waals surface area contributed by atoms with E-state index in [0.29, 0.717) is 12.2 Å². The standard InChI is InChI=1S/C12H11N5O2S/c1-16-6-8(5-13-16)7-17-11(9-3-2-4-20-9)10(12(18)19)14-15-17/h2-6H,7H2,1H3,(H,18,19). The number of aromatic nitrogens is 5. The zero-order valence-corrected chi connectivity index (χ0v) is 11.4. The number of carboxylic acids is 1. The number of rotatable bonds is 4. The predicted octanol–water partition coefficient (Wildman–Crippen LogP) is 1.49. The van der Waals surface area contributed by atoms with Crippen molar-refractivity contribution in [3.8, 4) is 10.6 Å². The topological polar surface area (TPSA) is 85.8 Å². The number of thiophene rings is 1. The average molecular weight is 289 g/mol. The summed E-state index contributed by atoms with van der Waals surface area (Å²) >= 11 is 1.46. The third-order valence-corrected chi connectivity index (χ3v) is 3.66. The Balaban J connectivity index is 2.05. The van der Waals surface area contributed by atoms with Gasteiger partial charge < -0.3 is 5.11 Å². The third-order valence-electron chi connectivity index (χ3n) is 2.78. The number of hydrogen-bond acceptors (Lipinski definition) is 5. The third kappa shape index (κ3) is 2.21. The molecule has 102 valence electrons. The van der Waals surface area contributed by atoms with Gasteiger partial charge in [0.2, 0.25) is 0 Å². The van der Waals surface area contributed by atoms with Crippen molar-refractivity contribution in [3.05, 3.63) is 41.2 Å². The molecule has 0 aromatic carbocycles. The maximum Gasteiger partial charge on any atom is 0.358 e. The predicted molar refractivity (Wildman–Crippen MR) is 72.6 cm³/mol. The molecule has 0 unspecified atom stereocenters. The minimum atomic E-state index is -1.08. The lowest BCUT2D eigenvalue weighted by Crippen LogP contribution is -2.05. The number of carboxylic acid groups (broad SMARTS) is 1. The van der Waals surface area contributed by atoms with Crippen molar-refractivity contribution < 1.29 is 9.90 Å². The Bertz CT molecular complexity index is 744. The maximum atomic E-state index is 11.3. The molecule has 0 fully saturated rings. The van der Waals surface area contributed by atoms with E-state index < -0.39 is 5.97 Å². The van der Waals surface area contributed by atoms with E-state index in [-0.39, 0.29) is 5.69 Å². The molecular weight excluding hydrogens is 278 g/mol. The van der Waals surface area contributed by atoms with Crippen molar-refractivity contribution in [3.63, 3.8) is 0 Å². The lowest BCUT2D eigenvalue weighted by atomic mass is 10.2. The van der Waals surface area contributed by atoms with Crippen LogP contribution in [0.3, 0.4) is 0 Å². The molecule has 0 amide bonds. The Kier molecular flexibility index (Phi) is 3.07. The van der Waals surface area contributed by atoms with Crippen LogP contribution in [0.5, 0.6) is 0 Å². The number of hydrogen-bond donors (Lipinski definition) is 1. The van der Waals surface area contributed by atoms with Gasteiger partial charge in [-0.05, 0) is 11.4 Å². The maximum absolute atomic E-state index is 11.3. The van der Waals surface area contributed by atoms with E-state index in [1.54, 1.807) is 15.6 Å². The monoisotopic (exact) mass is 289 g/mol. The first-order valence-electron chi connectivity index (χ1n) is 5.83. The van der Waals surface area contributed by atoms with Gasteiger partial charge in [-0.15, -0.1) is 16.4 Å². The van der Waals surface area contributed by atoms with Crippen LogP contribution < -0.4 is 0 Å². The van der Waals surface area contributed by atoms with Crippen LogP contribution in [-0.2, 0) is 13.6 Å².